The Morgan fingerprint density at radius 1 is 1.12 bits per heavy atom. The molecule has 1 saturated heterocycles. The summed E-state index contributed by atoms with van der Waals surface area (Å²) in [6.07, 6.45) is 0. The number of hydrogen-bond donors (Lipinski definition) is 1. The van der Waals surface area contributed by atoms with Gasteiger partial charge < -0.3 is 19.3 Å². The molecule has 0 radical (unpaired) electrons. The lowest BCUT2D eigenvalue weighted by Crippen LogP contribution is -3.13. The third-order valence-corrected chi connectivity index (χ3v) is 5.07. The molecule has 26 heavy (non-hydrogen) atoms. The molecule has 1 fully saturated rings. The molecule has 0 aliphatic carbocycles. The second-order valence-electron chi connectivity index (χ2n) is 6.98. The van der Waals surface area contributed by atoms with Gasteiger partial charge in [-0.1, -0.05) is 30.0 Å². The zero-order chi connectivity index (χ0) is 18.1. The van der Waals surface area contributed by atoms with Crippen molar-refractivity contribution < 1.29 is 14.4 Å². The number of hydrogen-bond acceptors (Lipinski definition) is 4. The van der Waals surface area contributed by atoms with Gasteiger partial charge in [-0.05, 0) is 30.7 Å². The van der Waals surface area contributed by atoms with Gasteiger partial charge in [0, 0.05) is 22.7 Å². The summed E-state index contributed by atoms with van der Waals surface area (Å²) >= 11 is 0. The lowest BCUT2D eigenvalue weighted by atomic mass is 10.1. The lowest BCUT2D eigenvalue weighted by Gasteiger charge is -2.34. The number of nitrogens with zero attached hydrogens (tertiary/aromatic N) is 1. The third kappa shape index (κ3) is 3.30. The average molecular weight is 350 g/mol. The van der Waals surface area contributed by atoms with Crippen molar-refractivity contribution in [2.75, 3.05) is 31.1 Å². The highest BCUT2D eigenvalue weighted by atomic mass is 16.4. The van der Waals surface area contributed by atoms with E-state index in [9.17, 15) is 9.90 Å². The number of rotatable bonds is 3. The van der Waals surface area contributed by atoms with E-state index in [1.807, 2.05) is 13.0 Å². The van der Waals surface area contributed by atoms with E-state index >= 15 is 0 Å². The fourth-order valence-electron chi connectivity index (χ4n) is 3.78. The lowest BCUT2D eigenvalue weighted by molar-refractivity contribution is -0.914. The summed E-state index contributed by atoms with van der Waals surface area (Å²) < 4.78 is 5.25. The van der Waals surface area contributed by atoms with Crippen molar-refractivity contribution >= 4 is 16.7 Å². The summed E-state index contributed by atoms with van der Waals surface area (Å²) in [5, 5.41) is 13.0. The van der Waals surface area contributed by atoms with E-state index in [1.54, 1.807) is 12.1 Å². The number of aryl methyl sites for hydroxylation is 1. The van der Waals surface area contributed by atoms with Crippen molar-refractivity contribution in [3.8, 4) is 5.75 Å². The molecule has 0 amide bonds. The summed E-state index contributed by atoms with van der Waals surface area (Å²) in [4.78, 5) is 15.7. The van der Waals surface area contributed by atoms with Gasteiger partial charge in [0.2, 0.25) is 0 Å². The van der Waals surface area contributed by atoms with Crippen molar-refractivity contribution in [1.82, 2.24) is 0 Å². The highest BCUT2D eigenvalue weighted by Gasteiger charge is 2.21. The molecule has 0 bridgehead atoms. The highest BCUT2D eigenvalue weighted by molar-refractivity contribution is 5.86. The van der Waals surface area contributed by atoms with Crippen LogP contribution >= 0.6 is 0 Å². The first kappa shape index (κ1) is 16.7. The standard InChI is InChI=1S/C21H22N2O3/c1-15-11-18(24)21-16(13-20(25)26-19(21)12-15)14-22-7-9-23(10-8-22)17-5-3-2-4-6-17/h2-6,11-13,24H,7-10,14H2,1H3. The summed E-state index contributed by atoms with van der Waals surface area (Å²) in [6, 6.07) is 15.3. The Labute approximate surface area is 152 Å². The van der Waals surface area contributed by atoms with Gasteiger partial charge in [0.15, 0.2) is 0 Å². The highest BCUT2D eigenvalue weighted by Crippen LogP contribution is 2.26. The Balaban J connectivity index is 1.54. The quantitative estimate of drug-likeness (QED) is 0.718. The molecular weight excluding hydrogens is 328 g/mol. The first-order chi connectivity index (χ1) is 12.6. The van der Waals surface area contributed by atoms with E-state index in [4.69, 9.17) is 4.42 Å². The molecule has 3 aromatic rings. The van der Waals surface area contributed by atoms with Crippen molar-refractivity contribution in [3.63, 3.8) is 0 Å². The topological polar surface area (TPSA) is 61.0 Å². The van der Waals surface area contributed by atoms with Crippen LogP contribution in [0, 0.1) is 6.92 Å². The fourth-order valence-corrected chi connectivity index (χ4v) is 3.78. The Bertz CT molecular complexity index is 974. The number of quaternary nitrogens is 1. The zero-order valence-corrected chi connectivity index (χ0v) is 14.8. The summed E-state index contributed by atoms with van der Waals surface area (Å²) in [5.41, 5.74) is 2.87. The molecule has 134 valence electrons. The van der Waals surface area contributed by atoms with E-state index in [1.165, 1.54) is 16.7 Å². The second-order valence-corrected chi connectivity index (χ2v) is 6.98. The second kappa shape index (κ2) is 6.84. The number of anilines is 1. The number of benzene rings is 2. The van der Waals surface area contributed by atoms with Crippen molar-refractivity contribution in [1.29, 1.82) is 0 Å². The molecule has 1 aliphatic heterocycles. The molecule has 0 unspecified atom stereocenters. The Morgan fingerprint density at radius 2 is 1.85 bits per heavy atom. The third-order valence-electron chi connectivity index (χ3n) is 5.07. The Kier molecular flexibility index (Phi) is 4.39. The molecule has 0 saturated carbocycles. The predicted octanol–water partition coefficient (Wildman–Crippen LogP) is 1.08. The van der Waals surface area contributed by atoms with Crippen LogP contribution in [0.3, 0.4) is 0 Å². The molecule has 1 N–H and O–H groups in total. The van der Waals surface area contributed by atoms with E-state index < -0.39 is 0 Å². The molecule has 0 atom stereocenters. The molecule has 0 spiro atoms. The van der Waals surface area contributed by atoms with Crippen LogP contribution in [-0.2, 0) is 6.54 Å². The van der Waals surface area contributed by atoms with Crippen LogP contribution in [0.5, 0.6) is 5.75 Å². The SMILES string of the molecule is Cc1cc([O-])c2c(C[NH+]3CCN(c4ccccc4)CC3)cc(=O)oc2c1. The minimum Gasteiger partial charge on any atom is -0.872 e. The van der Waals surface area contributed by atoms with Crippen LogP contribution in [0.15, 0.2) is 57.7 Å². The molecule has 5 nitrogen and oxygen atoms in total. The van der Waals surface area contributed by atoms with Gasteiger partial charge in [0.1, 0.15) is 12.1 Å². The average Bonchev–Trinajstić information content (AvgIpc) is 2.62. The fraction of sp³-hybridized carbons (Fsp3) is 0.286. The van der Waals surface area contributed by atoms with E-state index in [2.05, 4.69) is 29.2 Å². The molecule has 1 aliphatic rings. The monoisotopic (exact) mass is 350 g/mol. The van der Waals surface area contributed by atoms with Gasteiger partial charge >= 0.3 is 5.63 Å². The number of para-hydroxylation sites is 1. The van der Waals surface area contributed by atoms with Crippen molar-refractivity contribution in [3.05, 3.63) is 70.1 Å². The molecular formula is C21H22N2O3. The number of fused-ring (bicyclic) bond motifs is 1. The summed E-state index contributed by atoms with van der Waals surface area (Å²) in [5.74, 6) is -0.0685. The largest absolute Gasteiger partial charge is 0.872 e. The molecule has 5 heteroatoms. The molecule has 4 rings (SSSR count). The van der Waals surface area contributed by atoms with Gasteiger partial charge in [-0.3, -0.25) is 0 Å². The molecule has 1 aromatic heterocycles. The Hall–Kier alpha value is -2.79. The van der Waals surface area contributed by atoms with Crippen LogP contribution in [0.1, 0.15) is 11.1 Å². The van der Waals surface area contributed by atoms with Gasteiger partial charge in [-0.15, -0.1) is 0 Å². The van der Waals surface area contributed by atoms with Crippen LogP contribution < -0.4 is 20.5 Å². The first-order valence-electron chi connectivity index (χ1n) is 8.98. The van der Waals surface area contributed by atoms with Crippen LogP contribution in [-0.4, -0.2) is 26.2 Å². The van der Waals surface area contributed by atoms with E-state index in [0.717, 1.165) is 37.3 Å². The summed E-state index contributed by atoms with van der Waals surface area (Å²) in [6.45, 7) is 6.36. The molecule has 2 heterocycles. The summed E-state index contributed by atoms with van der Waals surface area (Å²) in [7, 11) is 0. The van der Waals surface area contributed by atoms with Crippen LogP contribution in [0.2, 0.25) is 0 Å². The maximum atomic E-state index is 12.4. The maximum Gasteiger partial charge on any atom is 0.336 e. The normalized spacial score (nSPS) is 15.5. The van der Waals surface area contributed by atoms with Crippen molar-refractivity contribution in [2.24, 2.45) is 0 Å². The number of piperazine rings is 1. The maximum absolute atomic E-state index is 12.4. The van der Waals surface area contributed by atoms with Crippen molar-refractivity contribution in [2.45, 2.75) is 13.5 Å². The number of nitrogens with one attached hydrogen (secondary N) is 1. The molecule has 2 aromatic carbocycles. The van der Waals surface area contributed by atoms with Gasteiger partial charge in [-0.2, -0.15) is 0 Å². The van der Waals surface area contributed by atoms with E-state index in [-0.39, 0.29) is 11.4 Å². The minimum absolute atomic E-state index is 0.0685. The first-order valence-corrected chi connectivity index (χ1v) is 8.98. The van der Waals surface area contributed by atoms with E-state index in [0.29, 0.717) is 17.5 Å². The predicted molar refractivity (Wildman–Crippen MR) is 99.7 cm³/mol. The smallest absolute Gasteiger partial charge is 0.336 e. The minimum atomic E-state index is -0.389. The van der Waals surface area contributed by atoms with Gasteiger partial charge in [0.25, 0.3) is 0 Å². The Morgan fingerprint density at radius 3 is 2.58 bits per heavy atom. The van der Waals surface area contributed by atoms with Crippen LogP contribution in [0.4, 0.5) is 5.69 Å². The van der Waals surface area contributed by atoms with Gasteiger partial charge in [-0.25, -0.2) is 4.79 Å². The zero-order valence-electron chi connectivity index (χ0n) is 14.8. The van der Waals surface area contributed by atoms with Crippen LogP contribution in [0.25, 0.3) is 11.0 Å². The van der Waals surface area contributed by atoms with Gasteiger partial charge in [0.05, 0.1) is 26.2 Å².